The summed E-state index contributed by atoms with van der Waals surface area (Å²) in [6.07, 6.45) is 8.97. The van der Waals surface area contributed by atoms with Crippen molar-refractivity contribution < 1.29 is 5.11 Å². The third-order valence-electron chi connectivity index (χ3n) is 4.81. The lowest BCUT2D eigenvalue weighted by atomic mass is 9.84. The van der Waals surface area contributed by atoms with Gasteiger partial charge in [-0.2, -0.15) is 0 Å². The molecule has 18 heavy (non-hydrogen) atoms. The van der Waals surface area contributed by atoms with Crippen molar-refractivity contribution in [3.05, 3.63) is 0 Å². The van der Waals surface area contributed by atoms with E-state index in [2.05, 4.69) is 16.8 Å². The minimum absolute atomic E-state index is 0.361. The first-order valence-electron chi connectivity index (χ1n) is 7.84. The van der Waals surface area contributed by atoms with Crippen LogP contribution in [0.15, 0.2) is 0 Å². The lowest BCUT2D eigenvalue weighted by molar-refractivity contribution is 0.0380. The molecule has 2 unspecified atom stereocenters. The Hall–Kier alpha value is -0.120. The highest BCUT2D eigenvalue weighted by Gasteiger charge is 2.33. The van der Waals surface area contributed by atoms with Gasteiger partial charge in [0.05, 0.1) is 0 Å². The van der Waals surface area contributed by atoms with Crippen LogP contribution in [-0.2, 0) is 0 Å². The van der Waals surface area contributed by atoms with Crippen molar-refractivity contribution in [1.82, 2.24) is 9.80 Å². The zero-order valence-corrected chi connectivity index (χ0v) is 12.0. The first kappa shape index (κ1) is 14.3. The molecule has 0 aromatic rings. The standard InChI is InChI=1S/C15H30N2O/c1-16-9-6-7-14-13-17(11-8-15(14)16)10-4-2-3-5-12-18/h14-15,18H,2-13H2,1H3. The number of piperidine rings is 2. The quantitative estimate of drug-likeness (QED) is 0.734. The lowest BCUT2D eigenvalue weighted by Gasteiger charge is -2.46. The number of hydrogen-bond donors (Lipinski definition) is 1. The van der Waals surface area contributed by atoms with Gasteiger partial charge in [0.1, 0.15) is 0 Å². The first-order chi connectivity index (χ1) is 8.81. The largest absolute Gasteiger partial charge is 0.396 e. The highest BCUT2D eigenvalue weighted by molar-refractivity contribution is 4.89. The number of nitrogens with zero attached hydrogens (tertiary/aromatic N) is 2. The van der Waals surface area contributed by atoms with E-state index in [9.17, 15) is 0 Å². The second-order valence-electron chi connectivity index (χ2n) is 6.18. The molecule has 0 aliphatic carbocycles. The van der Waals surface area contributed by atoms with Crippen LogP contribution in [0, 0.1) is 5.92 Å². The van der Waals surface area contributed by atoms with Gasteiger partial charge in [-0.1, -0.05) is 12.8 Å². The molecule has 2 rings (SSSR count). The van der Waals surface area contributed by atoms with E-state index < -0.39 is 0 Å². The van der Waals surface area contributed by atoms with Gasteiger partial charge in [0, 0.05) is 19.2 Å². The molecule has 2 aliphatic heterocycles. The first-order valence-corrected chi connectivity index (χ1v) is 7.84. The predicted octanol–water partition coefficient (Wildman–Crippen LogP) is 1.96. The van der Waals surface area contributed by atoms with E-state index in [0.29, 0.717) is 6.61 Å². The lowest BCUT2D eigenvalue weighted by Crippen LogP contribution is -2.52. The second-order valence-corrected chi connectivity index (χ2v) is 6.18. The maximum absolute atomic E-state index is 8.75. The van der Waals surface area contributed by atoms with Crippen LogP contribution in [0.4, 0.5) is 0 Å². The van der Waals surface area contributed by atoms with Crippen molar-refractivity contribution in [2.24, 2.45) is 5.92 Å². The molecule has 0 saturated carbocycles. The van der Waals surface area contributed by atoms with Gasteiger partial charge in [-0.05, 0) is 64.7 Å². The fraction of sp³-hybridized carbons (Fsp3) is 1.00. The summed E-state index contributed by atoms with van der Waals surface area (Å²) in [5.74, 6) is 0.926. The second kappa shape index (κ2) is 7.46. The van der Waals surface area contributed by atoms with Gasteiger partial charge in [-0.3, -0.25) is 0 Å². The van der Waals surface area contributed by atoms with Gasteiger partial charge in [0.25, 0.3) is 0 Å². The normalized spacial score (nSPS) is 30.3. The molecule has 0 radical (unpaired) electrons. The summed E-state index contributed by atoms with van der Waals surface area (Å²) in [6, 6.07) is 0.865. The summed E-state index contributed by atoms with van der Waals surface area (Å²) in [5.41, 5.74) is 0. The molecule has 2 saturated heterocycles. The van der Waals surface area contributed by atoms with E-state index in [-0.39, 0.29) is 0 Å². The third kappa shape index (κ3) is 3.94. The van der Waals surface area contributed by atoms with Gasteiger partial charge >= 0.3 is 0 Å². The maximum Gasteiger partial charge on any atom is 0.0431 e. The fourth-order valence-electron chi connectivity index (χ4n) is 3.73. The zero-order chi connectivity index (χ0) is 12.8. The Balaban J connectivity index is 1.64. The molecule has 3 nitrogen and oxygen atoms in total. The molecule has 3 heteroatoms. The van der Waals surface area contributed by atoms with E-state index in [0.717, 1.165) is 18.4 Å². The summed E-state index contributed by atoms with van der Waals surface area (Å²) in [4.78, 5) is 5.27. The highest BCUT2D eigenvalue weighted by Crippen LogP contribution is 2.29. The van der Waals surface area contributed by atoms with Gasteiger partial charge in [-0.25, -0.2) is 0 Å². The number of rotatable bonds is 6. The van der Waals surface area contributed by atoms with E-state index in [1.807, 2.05) is 0 Å². The van der Waals surface area contributed by atoms with Crippen LogP contribution >= 0.6 is 0 Å². The van der Waals surface area contributed by atoms with Gasteiger partial charge in [0.2, 0.25) is 0 Å². The van der Waals surface area contributed by atoms with Crippen molar-refractivity contribution in [1.29, 1.82) is 0 Å². The van der Waals surface area contributed by atoms with Crippen LogP contribution < -0.4 is 0 Å². The van der Waals surface area contributed by atoms with Crippen molar-refractivity contribution >= 4 is 0 Å². The number of aliphatic hydroxyl groups is 1. The van der Waals surface area contributed by atoms with E-state index >= 15 is 0 Å². The van der Waals surface area contributed by atoms with Crippen molar-refractivity contribution in [3.63, 3.8) is 0 Å². The molecule has 0 aromatic carbocycles. The minimum atomic E-state index is 0.361. The molecular formula is C15H30N2O. The Morgan fingerprint density at radius 3 is 2.72 bits per heavy atom. The zero-order valence-electron chi connectivity index (χ0n) is 12.0. The van der Waals surface area contributed by atoms with Crippen LogP contribution in [0.3, 0.4) is 0 Å². The smallest absolute Gasteiger partial charge is 0.0431 e. The van der Waals surface area contributed by atoms with Crippen LogP contribution in [0.2, 0.25) is 0 Å². The molecular weight excluding hydrogens is 224 g/mol. The summed E-state index contributed by atoms with van der Waals surface area (Å²) in [7, 11) is 2.31. The minimum Gasteiger partial charge on any atom is -0.396 e. The van der Waals surface area contributed by atoms with Gasteiger partial charge in [0.15, 0.2) is 0 Å². The van der Waals surface area contributed by atoms with Gasteiger partial charge in [-0.15, -0.1) is 0 Å². The van der Waals surface area contributed by atoms with Crippen molar-refractivity contribution in [2.75, 3.05) is 39.8 Å². The van der Waals surface area contributed by atoms with Crippen molar-refractivity contribution in [2.45, 2.75) is 51.0 Å². The van der Waals surface area contributed by atoms with E-state index in [1.54, 1.807) is 0 Å². The Labute approximate surface area is 112 Å². The predicted molar refractivity (Wildman–Crippen MR) is 75.8 cm³/mol. The van der Waals surface area contributed by atoms with Crippen LogP contribution in [0.1, 0.15) is 44.9 Å². The summed E-state index contributed by atoms with van der Waals surface area (Å²) < 4.78 is 0. The number of likely N-dealkylation sites (tertiary alicyclic amines) is 2. The average Bonchev–Trinajstić information content (AvgIpc) is 2.39. The van der Waals surface area contributed by atoms with Gasteiger partial charge < -0.3 is 14.9 Å². The summed E-state index contributed by atoms with van der Waals surface area (Å²) in [5, 5.41) is 8.75. The SMILES string of the molecule is CN1CCCC2CN(CCCCCCO)CCC21. The number of unbranched alkanes of at least 4 members (excludes halogenated alkanes) is 3. The molecule has 1 N–H and O–H groups in total. The number of fused-ring (bicyclic) bond motifs is 1. The molecule has 2 heterocycles. The third-order valence-corrected chi connectivity index (χ3v) is 4.81. The summed E-state index contributed by atoms with van der Waals surface area (Å²) >= 11 is 0. The molecule has 2 aliphatic rings. The average molecular weight is 254 g/mol. The Bertz CT molecular complexity index is 235. The monoisotopic (exact) mass is 254 g/mol. The van der Waals surface area contributed by atoms with Crippen LogP contribution in [-0.4, -0.2) is 60.8 Å². The molecule has 0 aromatic heterocycles. The molecule has 2 atom stereocenters. The van der Waals surface area contributed by atoms with Crippen molar-refractivity contribution in [3.8, 4) is 0 Å². The van der Waals surface area contributed by atoms with E-state index in [1.165, 1.54) is 64.7 Å². The topological polar surface area (TPSA) is 26.7 Å². The van der Waals surface area contributed by atoms with Crippen LogP contribution in [0.5, 0.6) is 0 Å². The number of hydrogen-bond acceptors (Lipinski definition) is 3. The number of aliphatic hydroxyl groups excluding tert-OH is 1. The Kier molecular flexibility index (Phi) is 5.93. The molecule has 106 valence electrons. The Morgan fingerprint density at radius 2 is 1.89 bits per heavy atom. The summed E-state index contributed by atoms with van der Waals surface area (Å²) in [6.45, 7) is 5.57. The molecule has 0 bridgehead atoms. The van der Waals surface area contributed by atoms with E-state index in [4.69, 9.17) is 5.11 Å². The molecule has 0 amide bonds. The maximum atomic E-state index is 8.75. The Morgan fingerprint density at radius 1 is 1.06 bits per heavy atom. The molecule has 2 fully saturated rings. The highest BCUT2D eigenvalue weighted by atomic mass is 16.2. The fourth-order valence-corrected chi connectivity index (χ4v) is 3.73. The van der Waals surface area contributed by atoms with Crippen LogP contribution in [0.25, 0.3) is 0 Å². The molecule has 0 spiro atoms.